The maximum absolute atomic E-state index is 5.84. The Bertz CT molecular complexity index is 243. The van der Waals surface area contributed by atoms with Crippen LogP contribution in [0.1, 0.15) is 51.4 Å². The molecule has 0 aromatic rings. The third-order valence-electron chi connectivity index (χ3n) is 3.46. The van der Waals surface area contributed by atoms with E-state index in [2.05, 4.69) is 10.3 Å². The molecule has 2 aliphatic carbocycles. The van der Waals surface area contributed by atoms with Gasteiger partial charge in [-0.3, -0.25) is 4.99 Å². The van der Waals surface area contributed by atoms with E-state index in [1.165, 1.54) is 51.4 Å². The predicted molar refractivity (Wildman–Crippen MR) is 70.1 cm³/mol. The van der Waals surface area contributed by atoms with Crippen molar-refractivity contribution in [3.63, 3.8) is 0 Å². The highest BCUT2D eigenvalue weighted by Gasteiger charge is 2.21. The summed E-state index contributed by atoms with van der Waals surface area (Å²) in [5, 5.41) is 3.17. The Morgan fingerprint density at radius 2 is 1.82 bits per heavy atom. The second-order valence-corrected chi connectivity index (χ2v) is 5.17. The molecule has 2 aliphatic rings. The number of hydrogen-bond acceptors (Lipinski definition) is 2. The van der Waals surface area contributed by atoms with Crippen LogP contribution in [-0.2, 0) is 4.74 Å². The molecule has 0 radical (unpaired) electrons. The van der Waals surface area contributed by atoms with E-state index in [1.807, 2.05) is 0 Å². The summed E-state index contributed by atoms with van der Waals surface area (Å²) in [4.78, 5) is 4.27. The number of guanidine groups is 1. The Morgan fingerprint density at radius 3 is 2.47 bits per heavy atom. The van der Waals surface area contributed by atoms with Crippen molar-refractivity contribution in [3.8, 4) is 0 Å². The molecular weight excluding hydrogens is 214 g/mol. The zero-order valence-electron chi connectivity index (χ0n) is 10.7. The smallest absolute Gasteiger partial charge is 0.188 e. The number of nitrogens with one attached hydrogen (secondary N) is 1. The minimum absolute atomic E-state index is 0.463. The van der Waals surface area contributed by atoms with Crippen LogP contribution in [0, 0.1) is 0 Å². The van der Waals surface area contributed by atoms with Crippen LogP contribution in [-0.4, -0.2) is 31.3 Å². The quantitative estimate of drug-likeness (QED) is 0.333. The minimum Gasteiger partial charge on any atom is -0.376 e. The van der Waals surface area contributed by atoms with E-state index < -0.39 is 0 Å². The van der Waals surface area contributed by atoms with E-state index in [-0.39, 0.29) is 0 Å². The fourth-order valence-electron chi connectivity index (χ4n) is 2.28. The highest BCUT2D eigenvalue weighted by molar-refractivity contribution is 5.78. The van der Waals surface area contributed by atoms with Crippen molar-refractivity contribution in [2.24, 2.45) is 10.7 Å². The van der Waals surface area contributed by atoms with Gasteiger partial charge in [0, 0.05) is 6.04 Å². The van der Waals surface area contributed by atoms with Gasteiger partial charge in [0.1, 0.15) is 0 Å². The molecule has 17 heavy (non-hydrogen) atoms. The summed E-state index contributed by atoms with van der Waals surface area (Å²) in [6.45, 7) is 1.39. The van der Waals surface area contributed by atoms with Gasteiger partial charge >= 0.3 is 0 Å². The first-order chi connectivity index (χ1) is 8.34. The van der Waals surface area contributed by atoms with Gasteiger partial charge in [-0.25, -0.2) is 0 Å². The summed E-state index contributed by atoms with van der Waals surface area (Å²) in [6.07, 6.45) is 10.7. The number of nitrogens with zero attached hydrogens (tertiary/aromatic N) is 1. The van der Waals surface area contributed by atoms with E-state index in [0.29, 0.717) is 31.3 Å². The molecule has 4 heteroatoms. The number of nitrogens with two attached hydrogens (primary N) is 1. The minimum atomic E-state index is 0.463. The molecule has 98 valence electrons. The monoisotopic (exact) mass is 239 g/mol. The first kappa shape index (κ1) is 12.7. The molecule has 0 aromatic heterocycles. The van der Waals surface area contributed by atoms with Gasteiger partial charge in [-0.2, -0.15) is 0 Å². The summed E-state index contributed by atoms with van der Waals surface area (Å²) in [7, 11) is 0. The normalized spacial score (nSPS) is 23.4. The predicted octanol–water partition coefficient (Wildman–Crippen LogP) is 1.79. The van der Waals surface area contributed by atoms with Gasteiger partial charge in [-0.05, 0) is 25.7 Å². The first-order valence-corrected chi connectivity index (χ1v) is 7.02. The lowest BCUT2D eigenvalue weighted by Crippen LogP contribution is -2.33. The van der Waals surface area contributed by atoms with E-state index in [9.17, 15) is 0 Å². The maximum Gasteiger partial charge on any atom is 0.188 e. The van der Waals surface area contributed by atoms with E-state index in [0.717, 1.165) is 0 Å². The zero-order valence-corrected chi connectivity index (χ0v) is 10.7. The van der Waals surface area contributed by atoms with Gasteiger partial charge in [-0.15, -0.1) is 0 Å². The molecule has 0 heterocycles. The summed E-state index contributed by atoms with van der Waals surface area (Å²) < 4.78 is 5.84. The van der Waals surface area contributed by atoms with Gasteiger partial charge in [0.05, 0.1) is 19.3 Å². The van der Waals surface area contributed by atoms with Crippen molar-refractivity contribution < 1.29 is 4.74 Å². The molecule has 2 fully saturated rings. The molecule has 0 saturated heterocycles. The number of ether oxygens (including phenoxy) is 1. The summed E-state index contributed by atoms with van der Waals surface area (Å²) in [5.74, 6) is 0.581. The van der Waals surface area contributed by atoms with Crippen molar-refractivity contribution in [1.82, 2.24) is 5.32 Å². The maximum atomic E-state index is 5.84. The van der Waals surface area contributed by atoms with Crippen molar-refractivity contribution >= 4 is 5.96 Å². The molecule has 0 atom stereocenters. The third kappa shape index (κ3) is 5.39. The van der Waals surface area contributed by atoms with Crippen molar-refractivity contribution in [1.29, 1.82) is 0 Å². The summed E-state index contributed by atoms with van der Waals surface area (Å²) in [6, 6.07) is 0.585. The Morgan fingerprint density at radius 1 is 1.12 bits per heavy atom. The fourth-order valence-corrected chi connectivity index (χ4v) is 2.28. The van der Waals surface area contributed by atoms with Crippen LogP contribution in [0.5, 0.6) is 0 Å². The molecule has 0 unspecified atom stereocenters. The molecule has 2 saturated carbocycles. The highest BCUT2D eigenvalue weighted by atomic mass is 16.5. The standard InChI is InChI=1S/C13H25N3O/c14-13(16-11-7-8-11)15-9-10-17-12-5-3-1-2-4-6-12/h11-12H,1-10H2,(H3,14,15,16). The summed E-state index contributed by atoms with van der Waals surface area (Å²) >= 11 is 0. The van der Waals surface area contributed by atoms with Crippen LogP contribution in [0.25, 0.3) is 0 Å². The van der Waals surface area contributed by atoms with Crippen LogP contribution in [0.4, 0.5) is 0 Å². The Hall–Kier alpha value is -0.770. The topological polar surface area (TPSA) is 59.6 Å². The molecule has 2 rings (SSSR count). The SMILES string of the molecule is NC(=NCCOC1CCCCCC1)NC1CC1. The number of hydrogen-bond donors (Lipinski definition) is 2. The number of rotatable bonds is 5. The van der Waals surface area contributed by atoms with Gasteiger partial charge in [0.25, 0.3) is 0 Å². The zero-order chi connectivity index (χ0) is 11.9. The highest BCUT2D eigenvalue weighted by Crippen LogP contribution is 2.19. The van der Waals surface area contributed by atoms with Gasteiger partial charge in [-0.1, -0.05) is 25.7 Å². The van der Waals surface area contributed by atoms with Gasteiger partial charge < -0.3 is 15.8 Å². The average Bonchev–Trinajstić information content (AvgIpc) is 3.11. The molecule has 4 nitrogen and oxygen atoms in total. The van der Waals surface area contributed by atoms with E-state index >= 15 is 0 Å². The lowest BCUT2D eigenvalue weighted by atomic mass is 10.1. The lowest BCUT2D eigenvalue weighted by Gasteiger charge is -2.14. The molecule has 0 aromatic carbocycles. The van der Waals surface area contributed by atoms with Crippen molar-refractivity contribution in [2.45, 2.75) is 63.5 Å². The first-order valence-electron chi connectivity index (χ1n) is 7.02. The fraction of sp³-hybridized carbons (Fsp3) is 0.923. The Balaban J connectivity index is 1.54. The second kappa shape index (κ2) is 6.84. The molecule has 0 aliphatic heterocycles. The van der Waals surface area contributed by atoms with Gasteiger partial charge in [0.2, 0.25) is 0 Å². The lowest BCUT2D eigenvalue weighted by molar-refractivity contribution is 0.0487. The van der Waals surface area contributed by atoms with Crippen LogP contribution >= 0.6 is 0 Å². The largest absolute Gasteiger partial charge is 0.376 e. The van der Waals surface area contributed by atoms with E-state index in [4.69, 9.17) is 10.5 Å². The molecular formula is C13H25N3O. The second-order valence-electron chi connectivity index (χ2n) is 5.17. The van der Waals surface area contributed by atoms with Gasteiger partial charge in [0.15, 0.2) is 5.96 Å². The molecule has 3 N–H and O–H groups in total. The van der Waals surface area contributed by atoms with Crippen LogP contribution in [0.15, 0.2) is 4.99 Å². The Labute approximate surface area is 104 Å². The van der Waals surface area contributed by atoms with Crippen LogP contribution in [0.3, 0.4) is 0 Å². The molecule has 0 bridgehead atoms. The molecule has 0 spiro atoms. The van der Waals surface area contributed by atoms with Crippen molar-refractivity contribution in [2.75, 3.05) is 13.2 Å². The number of aliphatic imine (C=N–C) groups is 1. The summed E-state index contributed by atoms with van der Waals surface area (Å²) in [5.41, 5.74) is 5.74. The Kier molecular flexibility index (Phi) is 5.10. The van der Waals surface area contributed by atoms with Crippen molar-refractivity contribution in [3.05, 3.63) is 0 Å². The third-order valence-corrected chi connectivity index (χ3v) is 3.46. The average molecular weight is 239 g/mol. The van der Waals surface area contributed by atoms with Crippen LogP contribution in [0.2, 0.25) is 0 Å². The molecule has 0 amide bonds. The van der Waals surface area contributed by atoms with Crippen LogP contribution < -0.4 is 11.1 Å². The van der Waals surface area contributed by atoms with E-state index in [1.54, 1.807) is 0 Å².